The van der Waals surface area contributed by atoms with Crippen molar-refractivity contribution in [3.8, 4) is 12.3 Å². The average Bonchev–Trinajstić information content (AvgIpc) is 2.15. The van der Waals surface area contributed by atoms with Crippen LogP contribution in [0.4, 0.5) is 0 Å². The molecule has 1 aromatic rings. The number of ether oxygens (including phenoxy) is 1. The van der Waals surface area contributed by atoms with Crippen molar-refractivity contribution in [2.24, 2.45) is 0 Å². The predicted octanol–water partition coefficient (Wildman–Crippen LogP) is 1.44. The third-order valence-electron chi connectivity index (χ3n) is 1.42. The summed E-state index contributed by atoms with van der Waals surface area (Å²) >= 11 is 0. The van der Waals surface area contributed by atoms with E-state index in [1.54, 1.807) is 12.1 Å². The topological polar surface area (TPSA) is 26.3 Å². The van der Waals surface area contributed by atoms with Crippen molar-refractivity contribution in [2.75, 3.05) is 0 Å². The van der Waals surface area contributed by atoms with E-state index in [4.69, 9.17) is 6.42 Å². The summed E-state index contributed by atoms with van der Waals surface area (Å²) in [5, 5.41) is 0. The van der Waals surface area contributed by atoms with Gasteiger partial charge < -0.3 is 4.74 Å². The van der Waals surface area contributed by atoms with Crippen LogP contribution in [0.5, 0.6) is 0 Å². The first kappa shape index (κ1) is 8.35. The Morgan fingerprint density at radius 2 is 2.00 bits per heavy atom. The van der Waals surface area contributed by atoms with Crippen LogP contribution in [0.3, 0.4) is 0 Å². The standard InChI is InChI=1S/C10H7O2/c1-2-10(12-8-11)9-6-4-3-5-7-9/h1,3-7,10H. The van der Waals surface area contributed by atoms with Crippen molar-refractivity contribution >= 4 is 6.47 Å². The second kappa shape index (κ2) is 4.20. The molecular formula is C10H7O2. The second-order valence-electron chi connectivity index (χ2n) is 2.16. The average molecular weight is 159 g/mol. The van der Waals surface area contributed by atoms with Crippen LogP contribution in [-0.4, -0.2) is 6.47 Å². The number of hydrogen-bond donors (Lipinski definition) is 0. The molecule has 0 aliphatic heterocycles. The molecule has 0 aliphatic rings. The van der Waals surface area contributed by atoms with Gasteiger partial charge in [0.15, 0.2) is 6.10 Å². The molecule has 0 saturated carbocycles. The second-order valence-corrected chi connectivity index (χ2v) is 2.16. The number of terminal acetylenes is 1. The van der Waals surface area contributed by atoms with E-state index in [-0.39, 0.29) is 0 Å². The van der Waals surface area contributed by atoms with Crippen LogP contribution >= 0.6 is 0 Å². The maximum Gasteiger partial charge on any atom is 0.419 e. The largest absolute Gasteiger partial charge is 0.436 e. The van der Waals surface area contributed by atoms with Gasteiger partial charge in [-0.2, -0.15) is 0 Å². The molecule has 1 radical (unpaired) electrons. The molecule has 2 heteroatoms. The molecule has 2 nitrogen and oxygen atoms in total. The molecule has 1 unspecified atom stereocenters. The zero-order valence-electron chi connectivity index (χ0n) is 6.36. The van der Waals surface area contributed by atoms with Crippen LogP contribution in [0.2, 0.25) is 0 Å². The van der Waals surface area contributed by atoms with Crippen LogP contribution in [0, 0.1) is 12.3 Å². The fraction of sp³-hybridized carbons (Fsp3) is 0.100. The number of carbonyl (C=O) groups excluding carboxylic acids is 1. The Bertz CT molecular complexity index is 284. The predicted molar refractivity (Wildman–Crippen MR) is 44.8 cm³/mol. The summed E-state index contributed by atoms with van der Waals surface area (Å²) in [6, 6.07) is 9.10. The van der Waals surface area contributed by atoms with Gasteiger partial charge in [0, 0.05) is 5.56 Å². The number of benzene rings is 1. The Kier molecular flexibility index (Phi) is 2.92. The molecule has 0 aliphatic carbocycles. The third kappa shape index (κ3) is 1.86. The SMILES string of the molecule is C#CC(O[C]=O)c1ccccc1. The molecule has 0 aromatic heterocycles. The van der Waals surface area contributed by atoms with Gasteiger partial charge >= 0.3 is 6.47 Å². The first-order valence-electron chi connectivity index (χ1n) is 3.42. The van der Waals surface area contributed by atoms with Crippen LogP contribution in [-0.2, 0) is 9.53 Å². The van der Waals surface area contributed by atoms with E-state index in [1.165, 1.54) is 6.47 Å². The minimum absolute atomic E-state index is 0.622. The summed E-state index contributed by atoms with van der Waals surface area (Å²) in [6.45, 7) is 1.32. The zero-order chi connectivity index (χ0) is 8.81. The highest BCUT2D eigenvalue weighted by atomic mass is 16.5. The molecule has 1 rings (SSSR count). The van der Waals surface area contributed by atoms with Crippen LogP contribution in [0.15, 0.2) is 30.3 Å². The van der Waals surface area contributed by atoms with Gasteiger partial charge in [-0.25, -0.2) is 4.79 Å². The Morgan fingerprint density at radius 1 is 1.33 bits per heavy atom. The van der Waals surface area contributed by atoms with Crippen molar-refractivity contribution in [2.45, 2.75) is 6.10 Å². The molecule has 1 atom stereocenters. The van der Waals surface area contributed by atoms with E-state index in [2.05, 4.69) is 10.7 Å². The zero-order valence-corrected chi connectivity index (χ0v) is 6.36. The minimum atomic E-state index is -0.622. The van der Waals surface area contributed by atoms with Gasteiger partial charge in [-0.05, 0) is 0 Å². The van der Waals surface area contributed by atoms with Gasteiger partial charge in [-0.15, -0.1) is 6.42 Å². The lowest BCUT2D eigenvalue weighted by Crippen LogP contribution is -1.99. The highest BCUT2D eigenvalue weighted by Crippen LogP contribution is 2.13. The van der Waals surface area contributed by atoms with Crippen molar-refractivity contribution in [1.82, 2.24) is 0 Å². The maximum atomic E-state index is 9.90. The number of hydrogen-bond acceptors (Lipinski definition) is 2. The highest BCUT2D eigenvalue weighted by molar-refractivity contribution is 5.41. The fourth-order valence-corrected chi connectivity index (χ4v) is 0.874. The summed E-state index contributed by atoms with van der Waals surface area (Å²) in [5.41, 5.74) is 0.781. The van der Waals surface area contributed by atoms with E-state index in [0.717, 1.165) is 5.56 Å². The Morgan fingerprint density at radius 3 is 2.50 bits per heavy atom. The number of rotatable bonds is 3. The van der Waals surface area contributed by atoms with Gasteiger partial charge in [0.25, 0.3) is 0 Å². The van der Waals surface area contributed by atoms with Gasteiger partial charge in [-0.3, -0.25) is 0 Å². The van der Waals surface area contributed by atoms with Gasteiger partial charge in [-0.1, -0.05) is 36.3 Å². The van der Waals surface area contributed by atoms with Crippen molar-refractivity contribution < 1.29 is 9.53 Å². The molecule has 0 bridgehead atoms. The third-order valence-corrected chi connectivity index (χ3v) is 1.42. The van der Waals surface area contributed by atoms with Gasteiger partial charge in [0.2, 0.25) is 0 Å². The van der Waals surface area contributed by atoms with Gasteiger partial charge in [0.05, 0.1) is 0 Å². The van der Waals surface area contributed by atoms with Crippen LogP contribution in [0.1, 0.15) is 11.7 Å². The molecule has 0 N–H and O–H groups in total. The van der Waals surface area contributed by atoms with E-state index in [1.807, 2.05) is 18.2 Å². The molecule has 0 saturated heterocycles. The normalized spacial score (nSPS) is 11.2. The van der Waals surface area contributed by atoms with E-state index >= 15 is 0 Å². The molecular weight excluding hydrogens is 152 g/mol. The first-order chi connectivity index (χ1) is 5.88. The molecule has 1 aromatic carbocycles. The Labute approximate surface area is 71.2 Å². The summed E-state index contributed by atoms with van der Waals surface area (Å²) in [4.78, 5) is 9.90. The van der Waals surface area contributed by atoms with Crippen molar-refractivity contribution in [1.29, 1.82) is 0 Å². The van der Waals surface area contributed by atoms with E-state index in [0.29, 0.717) is 0 Å². The molecule has 59 valence electrons. The maximum absolute atomic E-state index is 9.90. The molecule has 12 heavy (non-hydrogen) atoms. The highest BCUT2D eigenvalue weighted by Gasteiger charge is 2.06. The van der Waals surface area contributed by atoms with Crippen molar-refractivity contribution in [3.63, 3.8) is 0 Å². The van der Waals surface area contributed by atoms with E-state index in [9.17, 15) is 4.79 Å². The Hall–Kier alpha value is -1.75. The summed E-state index contributed by atoms with van der Waals surface area (Å²) in [7, 11) is 0. The molecule has 0 fully saturated rings. The lowest BCUT2D eigenvalue weighted by molar-refractivity contribution is 0.231. The molecule has 0 spiro atoms. The van der Waals surface area contributed by atoms with Crippen LogP contribution in [0.25, 0.3) is 0 Å². The lowest BCUT2D eigenvalue weighted by Gasteiger charge is -2.06. The Balaban J connectivity index is 2.82. The quantitative estimate of drug-likeness (QED) is 0.624. The fourth-order valence-electron chi connectivity index (χ4n) is 0.874. The summed E-state index contributed by atoms with van der Waals surface area (Å²) < 4.78 is 4.54. The first-order valence-corrected chi connectivity index (χ1v) is 3.42. The lowest BCUT2D eigenvalue weighted by atomic mass is 10.1. The van der Waals surface area contributed by atoms with Crippen LogP contribution < -0.4 is 0 Å². The smallest absolute Gasteiger partial charge is 0.419 e. The molecule has 0 heterocycles. The minimum Gasteiger partial charge on any atom is -0.436 e. The summed E-state index contributed by atoms with van der Waals surface area (Å²) in [6.07, 6.45) is 4.52. The van der Waals surface area contributed by atoms with Crippen molar-refractivity contribution in [3.05, 3.63) is 35.9 Å². The monoisotopic (exact) mass is 159 g/mol. The van der Waals surface area contributed by atoms with Gasteiger partial charge in [0.1, 0.15) is 0 Å². The van der Waals surface area contributed by atoms with E-state index < -0.39 is 6.10 Å². The summed E-state index contributed by atoms with van der Waals surface area (Å²) in [5.74, 6) is 2.33. The molecule has 0 amide bonds.